The SMILES string of the molecule is COc1ccc(-c2csc(NN=C(C)c3cc4cc([Se]c5ccc6oc(=O)c(C(C)=NNc7nc(-c8ccc(OC)cc8)cs7)cc6c5)ccc4oc3=O)n2)cc1. The summed E-state index contributed by atoms with van der Waals surface area (Å²) in [4.78, 5) is 35.2. The van der Waals surface area contributed by atoms with Gasteiger partial charge in [-0.1, -0.05) is 0 Å². The Hall–Kier alpha value is -6.38. The van der Waals surface area contributed by atoms with E-state index in [1.165, 1.54) is 22.7 Å². The molecule has 8 rings (SSSR count). The van der Waals surface area contributed by atoms with Crippen LogP contribution in [0.2, 0.25) is 0 Å². The van der Waals surface area contributed by atoms with E-state index in [-0.39, 0.29) is 15.0 Å². The number of aromatic nitrogens is 2. The molecule has 15 heteroatoms. The molecule has 4 heterocycles. The molecule has 0 aliphatic carbocycles. The Bertz CT molecular complexity index is 2740. The molecule has 57 heavy (non-hydrogen) atoms. The van der Waals surface area contributed by atoms with Crippen LogP contribution in [0.25, 0.3) is 44.5 Å². The minimum absolute atomic E-state index is 0.122. The minimum Gasteiger partial charge on any atom is -0.0491 e. The number of hydrogen-bond donors (Lipinski definition) is 2. The van der Waals surface area contributed by atoms with E-state index in [0.717, 1.165) is 53.7 Å². The van der Waals surface area contributed by atoms with Crippen molar-refractivity contribution in [2.24, 2.45) is 10.2 Å². The van der Waals surface area contributed by atoms with Gasteiger partial charge in [0.25, 0.3) is 0 Å². The minimum atomic E-state index is -0.479. The summed E-state index contributed by atoms with van der Waals surface area (Å²) >= 11 is 2.70. The van der Waals surface area contributed by atoms with Gasteiger partial charge in [0.2, 0.25) is 0 Å². The number of ether oxygens (including phenoxy) is 2. The average Bonchev–Trinajstić information content (AvgIpc) is 3.92. The summed E-state index contributed by atoms with van der Waals surface area (Å²) in [6.45, 7) is 3.50. The van der Waals surface area contributed by atoms with Crippen molar-refractivity contribution in [1.29, 1.82) is 0 Å². The monoisotopic (exact) mass is 860 g/mol. The largest absolute Gasteiger partial charge is 0.0491 e. The van der Waals surface area contributed by atoms with E-state index >= 15 is 0 Å². The van der Waals surface area contributed by atoms with Crippen LogP contribution in [-0.4, -0.2) is 50.6 Å². The molecule has 0 bridgehead atoms. The number of hydrazone groups is 2. The Balaban J connectivity index is 0.971. The molecular formula is C42H32N6O6S2Se. The van der Waals surface area contributed by atoms with Gasteiger partial charge < -0.3 is 9.47 Å². The predicted molar refractivity (Wildman–Crippen MR) is 230 cm³/mol. The molecule has 0 fully saturated rings. The van der Waals surface area contributed by atoms with Gasteiger partial charge in [0.15, 0.2) is 0 Å². The molecule has 12 nitrogen and oxygen atoms in total. The van der Waals surface area contributed by atoms with E-state index in [1.54, 1.807) is 40.2 Å². The van der Waals surface area contributed by atoms with Crippen LogP contribution in [0.5, 0.6) is 11.5 Å². The third kappa shape index (κ3) is 8.42. The Kier molecular flexibility index (Phi) is 10.8. The third-order valence-corrected chi connectivity index (χ3v) is 12.4. The Morgan fingerprint density at radius 2 is 1.04 bits per heavy atom. The molecule has 0 atom stereocenters. The first-order chi connectivity index (χ1) is 27.7. The third-order valence-electron chi connectivity index (χ3n) is 8.84. The quantitative estimate of drug-likeness (QED) is 0.0547. The van der Waals surface area contributed by atoms with E-state index < -0.39 is 11.3 Å². The van der Waals surface area contributed by atoms with Crippen LogP contribution in [0.3, 0.4) is 0 Å². The van der Waals surface area contributed by atoms with Crippen LogP contribution in [-0.2, 0) is 0 Å². The van der Waals surface area contributed by atoms with Crippen LogP contribution in [0, 0.1) is 0 Å². The molecule has 0 radical (unpaired) electrons. The summed E-state index contributed by atoms with van der Waals surface area (Å²) in [7, 11) is 3.26. The second-order valence-corrected chi connectivity index (χ2v) is 16.7. The molecular weight excluding hydrogens is 828 g/mol. The number of hydrogen-bond acceptors (Lipinski definition) is 14. The summed E-state index contributed by atoms with van der Waals surface area (Å²) in [5.74, 6) is 1.54. The fourth-order valence-electron chi connectivity index (χ4n) is 5.79. The molecule has 4 aromatic carbocycles. The van der Waals surface area contributed by atoms with E-state index in [4.69, 9.17) is 18.3 Å². The second kappa shape index (κ2) is 16.4. The number of methoxy groups -OCH3 is 2. The number of benzene rings is 4. The summed E-state index contributed by atoms with van der Waals surface area (Å²) < 4.78 is 24.0. The smallest absolute Gasteiger partial charge is 0.0193 e. The first-order valence-electron chi connectivity index (χ1n) is 17.4. The van der Waals surface area contributed by atoms with Crippen molar-refractivity contribution >= 4 is 90.2 Å². The number of nitrogens with one attached hydrogen (secondary N) is 2. The van der Waals surface area contributed by atoms with E-state index in [0.29, 0.717) is 44.0 Å². The van der Waals surface area contributed by atoms with Crippen LogP contribution < -0.4 is 40.5 Å². The molecule has 4 aromatic heterocycles. The van der Waals surface area contributed by atoms with E-state index in [1.807, 2.05) is 95.7 Å². The van der Waals surface area contributed by atoms with Gasteiger partial charge in [-0.3, -0.25) is 0 Å². The molecule has 0 aliphatic heterocycles. The number of fused-ring (bicyclic) bond motifs is 2. The second-order valence-electron chi connectivity index (χ2n) is 12.5. The normalized spacial score (nSPS) is 11.9. The number of thiazole rings is 2. The number of rotatable bonds is 12. The van der Waals surface area contributed by atoms with Crippen molar-refractivity contribution in [2.45, 2.75) is 13.8 Å². The van der Waals surface area contributed by atoms with Crippen molar-refractivity contribution in [3.63, 3.8) is 0 Å². The zero-order valence-electron chi connectivity index (χ0n) is 30.9. The number of nitrogens with zero attached hydrogens (tertiary/aromatic N) is 4. The standard InChI is InChI=1S/C42H32N6O6S2Se/c1-23(45-47-41-43-35(21-55-41)25-5-9-29(51-3)10-6-25)33-19-27-17-31(13-15-37(27)53-39(33)49)57-32-14-16-38-28(18-32)20-34(40(50)54-38)24(2)46-48-42-44-36(22-56-42)26-7-11-30(52-4)12-8-26/h5-22H,1-4H3,(H,43,47)(H,44,48). The van der Waals surface area contributed by atoms with Crippen molar-refractivity contribution in [3.05, 3.63) is 140 Å². The molecule has 0 unspecified atom stereocenters. The predicted octanol–water partition coefficient (Wildman–Crippen LogP) is 7.49. The van der Waals surface area contributed by atoms with Crippen LogP contribution in [0.4, 0.5) is 10.3 Å². The first kappa shape index (κ1) is 37.5. The van der Waals surface area contributed by atoms with Crippen molar-refractivity contribution in [2.75, 3.05) is 25.1 Å². The van der Waals surface area contributed by atoms with Crippen molar-refractivity contribution < 1.29 is 18.3 Å². The van der Waals surface area contributed by atoms with Gasteiger partial charge >= 0.3 is 258 Å². The summed E-state index contributed by atoms with van der Waals surface area (Å²) in [5.41, 5.74) is 11.1. The Labute approximate surface area is 339 Å². The maximum absolute atomic E-state index is 13.0. The zero-order valence-corrected chi connectivity index (χ0v) is 34.2. The molecule has 8 aromatic rings. The van der Waals surface area contributed by atoms with Crippen LogP contribution >= 0.6 is 22.7 Å². The Morgan fingerprint density at radius 1 is 0.614 bits per heavy atom. The van der Waals surface area contributed by atoms with Gasteiger partial charge in [0.1, 0.15) is 11.5 Å². The van der Waals surface area contributed by atoms with E-state index in [2.05, 4.69) is 31.0 Å². The molecule has 284 valence electrons. The maximum atomic E-state index is 13.0. The zero-order chi connectivity index (χ0) is 39.5. The topological polar surface area (TPSA) is 153 Å². The summed E-state index contributed by atoms with van der Waals surface area (Å²) in [5, 5.41) is 15.5. The van der Waals surface area contributed by atoms with Gasteiger partial charge in [0.05, 0.1) is 14.2 Å². The van der Waals surface area contributed by atoms with Gasteiger partial charge in [-0.25, -0.2) is 0 Å². The molecule has 0 aliphatic rings. The van der Waals surface area contributed by atoms with Gasteiger partial charge in [0, 0.05) is 0 Å². The number of anilines is 2. The summed E-state index contributed by atoms with van der Waals surface area (Å²) in [6.07, 6.45) is 0. The van der Waals surface area contributed by atoms with Crippen LogP contribution in [0.15, 0.2) is 136 Å². The van der Waals surface area contributed by atoms with Crippen molar-refractivity contribution in [3.8, 4) is 34.0 Å². The fourth-order valence-corrected chi connectivity index (χ4v) is 9.04. The summed E-state index contributed by atoms with van der Waals surface area (Å²) in [6, 6.07) is 30.5. The van der Waals surface area contributed by atoms with Crippen LogP contribution in [0.1, 0.15) is 25.0 Å². The van der Waals surface area contributed by atoms with Crippen molar-refractivity contribution in [1.82, 2.24) is 9.97 Å². The van der Waals surface area contributed by atoms with E-state index in [9.17, 15) is 9.59 Å². The fraction of sp³-hybridized carbons (Fsp3) is 0.0952. The first-order valence-corrected chi connectivity index (χ1v) is 20.8. The van der Waals surface area contributed by atoms with Gasteiger partial charge in [-0.2, -0.15) is 0 Å². The Morgan fingerprint density at radius 3 is 1.44 bits per heavy atom. The molecule has 0 spiro atoms. The molecule has 0 amide bonds. The van der Waals surface area contributed by atoms with Gasteiger partial charge in [-0.05, 0) is 48.5 Å². The molecule has 2 N–H and O–H groups in total. The average molecular weight is 860 g/mol. The molecule has 0 saturated heterocycles. The van der Waals surface area contributed by atoms with Gasteiger partial charge in [-0.15, -0.1) is 0 Å². The maximum Gasteiger partial charge on any atom is -0.0193 e. The molecule has 0 saturated carbocycles.